The van der Waals surface area contributed by atoms with E-state index in [0.29, 0.717) is 0 Å². The molecule has 0 aliphatic carbocycles. The Bertz CT molecular complexity index is 242. The van der Waals surface area contributed by atoms with E-state index in [-0.39, 0.29) is 0 Å². The third-order valence-corrected chi connectivity index (χ3v) is 1.99. The lowest BCUT2D eigenvalue weighted by Crippen LogP contribution is -2.40. The first-order valence-corrected chi connectivity index (χ1v) is 3.88. The van der Waals surface area contributed by atoms with E-state index in [1.165, 1.54) is 5.82 Å². The van der Waals surface area contributed by atoms with Crippen LogP contribution in [0.5, 0.6) is 0 Å². The van der Waals surface area contributed by atoms with Gasteiger partial charge in [-0.15, -0.1) is 0 Å². The van der Waals surface area contributed by atoms with E-state index in [1.54, 1.807) is 0 Å². The lowest BCUT2D eigenvalue weighted by atomic mass is 10.3. The van der Waals surface area contributed by atoms with Gasteiger partial charge >= 0.3 is 0 Å². The molecule has 11 heavy (non-hydrogen) atoms. The molecular weight excluding hydrogens is 140 g/mol. The Hall–Kier alpha value is -1.03. The minimum atomic E-state index is 1.04. The monoisotopic (exact) mass is 152 g/mol. The predicted octanol–water partition coefficient (Wildman–Crippen LogP) is 0.228. The number of hydrogen-bond acceptors (Lipinski definition) is 3. The van der Waals surface area contributed by atoms with Gasteiger partial charge in [0.05, 0.1) is 6.20 Å². The fourth-order valence-corrected chi connectivity index (χ4v) is 1.45. The summed E-state index contributed by atoms with van der Waals surface area (Å²) in [6.07, 6.45) is 3.00. The van der Waals surface area contributed by atoms with Crippen LogP contribution in [0.25, 0.3) is 0 Å². The van der Waals surface area contributed by atoms with Gasteiger partial charge in [-0.3, -0.25) is 5.01 Å². The molecule has 0 bridgehead atoms. The van der Waals surface area contributed by atoms with Crippen molar-refractivity contribution in [3.8, 4) is 0 Å². The Morgan fingerprint density at radius 2 is 2.45 bits per heavy atom. The Labute approximate surface area is 65.8 Å². The van der Waals surface area contributed by atoms with Crippen LogP contribution >= 0.6 is 0 Å². The highest BCUT2D eigenvalue weighted by molar-refractivity contribution is 5.37. The van der Waals surface area contributed by atoms with Crippen molar-refractivity contribution in [2.45, 2.75) is 13.0 Å². The summed E-state index contributed by atoms with van der Waals surface area (Å²) < 4.78 is 2.01. The van der Waals surface area contributed by atoms with Gasteiger partial charge in [-0.2, -0.15) is 5.10 Å². The standard InChI is InChI=1S/C7H12N4/c1-8-10-5-2-6-11-7(10)3-4-9-11/h3-4,8H,2,5-6H2,1H3. The molecule has 2 heterocycles. The van der Waals surface area contributed by atoms with E-state index in [4.69, 9.17) is 0 Å². The van der Waals surface area contributed by atoms with E-state index >= 15 is 0 Å². The molecule has 4 nitrogen and oxygen atoms in total. The maximum atomic E-state index is 4.19. The van der Waals surface area contributed by atoms with Crippen molar-refractivity contribution in [3.05, 3.63) is 12.3 Å². The number of nitrogens with one attached hydrogen (secondary N) is 1. The van der Waals surface area contributed by atoms with Gasteiger partial charge in [-0.1, -0.05) is 0 Å². The van der Waals surface area contributed by atoms with Crippen LogP contribution in [-0.4, -0.2) is 23.4 Å². The molecule has 0 fully saturated rings. The first-order valence-electron chi connectivity index (χ1n) is 3.88. The minimum absolute atomic E-state index is 1.04. The number of aryl methyl sites for hydroxylation is 1. The molecule has 0 atom stereocenters. The molecule has 1 N–H and O–H groups in total. The molecule has 1 aliphatic rings. The normalized spacial score (nSPS) is 16.6. The number of aromatic nitrogens is 2. The van der Waals surface area contributed by atoms with Gasteiger partial charge in [0, 0.05) is 26.2 Å². The summed E-state index contributed by atoms with van der Waals surface area (Å²) in [5.74, 6) is 1.17. The van der Waals surface area contributed by atoms with Crippen molar-refractivity contribution < 1.29 is 0 Å². The summed E-state index contributed by atoms with van der Waals surface area (Å²) in [7, 11) is 1.93. The van der Waals surface area contributed by atoms with Gasteiger partial charge in [0.25, 0.3) is 0 Å². The SMILES string of the molecule is CNN1CCCn2nccc21. The summed E-state index contributed by atoms with van der Waals surface area (Å²) in [5, 5.41) is 6.30. The maximum Gasteiger partial charge on any atom is 0.141 e. The average molecular weight is 152 g/mol. The molecule has 2 rings (SSSR count). The second-order valence-electron chi connectivity index (χ2n) is 2.64. The molecule has 0 aromatic carbocycles. The van der Waals surface area contributed by atoms with Crippen LogP contribution in [0.3, 0.4) is 0 Å². The van der Waals surface area contributed by atoms with Gasteiger partial charge in [0.2, 0.25) is 0 Å². The second kappa shape index (κ2) is 2.54. The predicted molar refractivity (Wildman–Crippen MR) is 43.2 cm³/mol. The number of rotatable bonds is 1. The highest BCUT2D eigenvalue weighted by atomic mass is 15.6. The van der Waals surface area contributed by atoms with Gasteiger partial charge in [-0.25, -0.2) is 10.1 Å². The van der Waals surface area contributed by atoms with Crippen LogP contribution in [0.1, 0.15) is 6.42 Å². The van der Waals surface area contributed by atoms with Gasteiger partial charge in [0.15, 0.2) is 0 Å². The van der Waals surface area contributed by atoms with E-state index in [2.05, 4.69) is 15.5 Å². The maximum absolute atomic E-state index is 4.19. The molecule has 0 radical (unpaired) electrons. The summed E-state index contributed by atoms with van der Waals surface area (Å²) >= 11 is 0. The second-order valence-corrected chi connectivity index (χ2v) is 2.64. The van der Waals surface area contributed by atoms with Crippen molar-refractivity contribution in [1.82, 2.24) is 15.2 Å². The Kier molecular flexibility index (Phi) is 1.54. The smallest absolute Gasteiger partial charge is 0.141 e. The quantitative estimate of drug-likeness (QED) is 0.625. The van der Waals surface area contributed by atoms with Crippen molar-refractivity contribution in [2.75, 3.05) is 18.6 Å². The molecule has 1 aromatic rings. The summed E-state index contributed by atoms with van der Waals surface area (Å²) in [6, 6.07) is 2.02. The van der Waals surface area contributed by atoms with Crippen LogP contribution in [0.4, 0.5) is 5.82 Å². The van der Waals surface area contributed by atoms with Gasteiger partial charge in [-0.05, 0) is 6.42 Å². The van der Waals surface area contributed by atoms with E-state index in [0.717, 1.165) is 19.5 Å². The molecule has 0 spiro atoms. The average Bonchev–Trinajstić information content (AvgIpc) is 2.50. The minimum Gasteiger partial charge on any atom is -0.293 e. The number of fused-ring (bicyclic) bond motifs is 1. The summed E-state index contributed by atoms with van der Waals surface area (Å²) in [6.45, 7) is 2.11. The zero-order chi connectivity index (χ0) is 7.68. The first-order chi connectivity index (χ1) is 5.42. The third kappa shape index (κ3) is 0.991. The number of hydrogen-bond donors (Lipinski definition) is 1. The van der Waals surface area contributed by atoms with Crippen molar-refractivity contribution in [3.63, 3.8) is 0 Å². The van der Waals surface area contributed by atoms with E-state index in [1.807, 2.05) is 24.0 Å². The van der Waals surface area contributed by atoms with Crippen LogP contribution in [0, 0.1) is 0 Å². The number of nitrogens with zero attached hydrogens (tertiary/aromatic N) is 3. The molecule has 0 amide bonds. The summed E-state index contributed by atoms with van der Waals surface area (Å²) in [5.41, 5.74) is 3.12. The highest BCUT2D eigenvalue weighted by Crippen LogP contribution is 2.16. The molecule has 1 aliphatic heterocycles. The highest BCUT2D eigenvalue weighted by Gasteiger charge is 2.14. The van der Waals surface area contributed by atoms with Crippen molar-refractivity contribution in [1.29, 1.82) is 0 Å². The van der Waals surface area contributed by atoms with Crippen molar-refractivity contribution >= 4 is 5.82 Å². The van der Waals surface area contributed by atoms with Crippen LogP contribution in [-0.2, 0) is 6.54 Å². The summed E-state index contributed by atoms with van der Waals surface area (Å²) in [4.78, 5) is 0. The molecule has 0 saturated carbocycles. The van der Waals surface area contributed by atoms with Crippen LogP contribution in [0.2, 0.25) is 0 Å². The Morgan fingerprint density at radius 3 is 3.27 bits per heavy atom. The fourth-order valence-electron chi connectivity index (χ4n) is 1.45. The molecule has 0 saturated heterocycles. The lowest BCUT2D eigenvalue weighted by molar-refractivity contribution is 0.494. The Balaban J connectivity index is 2.32. The fraction of sp³-hybridized carbons (Fsp3) is 0.571. The number of anilines is 1. The zero-order valence-corrected chi connectivity index (χ0v) is 6.62. The van der Waals surface area contributed by atoms with E-state index in [9.17, 15) is 0 Å². The molecule has 4 heteroatoms. The lowest BCUT2D eigenvalue weighted by Gasteiger charge is -2.27. The van der Waals surface area contributed by atoms with E-state index < -0.39 is 0 Å². The van der Waals surface area contributed by atoms with Crippen LogP contribution in [0.15, 0.2) is 12.3 Å². The van der Waals surface area contributed by atoms with Crippen LogP contribution < -0.4 is 10.4 Å². The first kappa shape index (κ1) is 6.67. The van der Waals surface area contributed by atoms with Crippen molar-refractivity contribution in [2.24, 2.45) is 0 Å². The molecule has 0 unspecified atom stereocenters. The number of hydrazine groups is 1. The van der Waals surface area contributed by atoms with Gasteiger partial charge < -0.3 is 0 Å². The molecule has 1 aromatic heterocycles. The zero-order valence-electron chi connectivity index (χ0n) is 6.62. The third-order valence-electron chi connectivity index (χ3n) is 1.99. The largest absolute Gasteiger partial charge is 0.293 e. The molecular formula is C7H12N4. The van der Waals surface area contributed by atoms with Gasteiger partial charge in [0.1, 0.15) is 5.82 Å². The molecule has 60 valence electrons. The Morgan fingerprint density at radius 1 is 1.55 bits per heavy atom. The topological polar surface area (TPSA) is 33.1 Å².